The highest BCUT2D eigenvalue weighted by molar-refractivity contribution is 5.98. The quantitative estimate of drug-likeness (QED) is 0.577. The second-order valence-corrected chi connectivity index (χ2v) is 8.47. The van der Waals surface area contributed by atoms with Crippen LogP contribution in [0.25, 0.3) is 5.69 Å². The van der Waals surface area contributed by atoms with Gasteiger partial charge in [0.25, 0.3) is 0 Å². The van der Waals surface area contributed by atoms with Gasteiger partial charge in [0, 0.05) is 17.7 Å². The molecule has 0 N–H and O–H groups in total. The molecule has 1 saturated heterocycles. The zero-order valence-electron chi connectivity index (χ0n) is 18.1. The van der Waals surface area contributed by atoms with Crippen molar-refractivity contribution in [3.63, 3.8) is 0 Å². The van der Waals surface area contributed by atoms with Crippen molar-refractivity contribution in [2.45, 2.75) is 38.4 Å². The van der Waals surface area contributed by atoms with Crippen molar-refractivity contribution in [2.75, 3.05) is 12.0 Å². The maximum atomic E-state index is 13.5. The lowest BCUT2D eigenvalue weighted by molar-refractivity contribution is -0.137. The van der Waals surface area contributed by atoms with E-state index >= 15 is 0 Å². The normalized spacial score (nSPS) is 22.6. The predicted octanol–water partition coefficient (Wildman–Crippen LogP) is 4.50. The van der Waals surface area contributed by atoms with E-state index in [1.807, 2.05) is 18.2 Å². The van der Waals surface area contributed by atoms with Crippen molar-refractivity contribution in [3.8, 4) is 11.4 Å². The molecule has 172 valence electrons. The van der Waals surface area contributed by atoms with Gasteiger partial charge in [-0.3, -0.25) is 14.3 Å². The molecule has 7 nitrogen and oxygen atoms in total. The van der Waals surface area contributed by atoms with Gasteiger partial charge in [-0.1, -0.05) is 12.5 Å². The Bertz CT molecular complexity index is 1210. The number of halogens is 3. The highest BCUT2D eigenvalue weighted by atomic mass is 19.4. The number of fused-ring (bicyclic) bond motifs is 1. The fraction of sp³-hybridized carbons (Fsp3) is 0.391. The van der Waals surface area contributed by atoms with E-state index in [1.54, 1.807) is 24.1 Å². The molecule has 1 aliphatic heterocycles. The average Bonchev–Trinajstić information content (AvgIpc) is 3.50. The minimum Gasteiger partial charge on any atom is -0.497 e. The highest BCUT2D eigenvalue weighted by Gasteiger charge is 2.53. The Morgan fingerprint density at radius 3 is 2.73 bits per heavy atom. The fourth-order valence-electron chi connectivity index (χ4n) is 5.09. The number of alkyl halides is 3. The molecule has 0 spiro atoms. The zero-order chi connectivity index (χ0) is 23.3. The molecule has 3 aromatic rings. The highest BCUT2D eigenvalue weighted by Crippen LogP contribution is 2.51. The molecule has 1 amide bonds. The van der Waals surface area contributed by atoms with E-state index in [1.165, 1.54) is 11.8 Å². The Balaban J connectivity index is 1.65. The lowest BCUT2D eigenvalue weighted by Crippen LogP contribution is -2.33. The molecule has 2 fully saturated rings. The third-order valence-corrected chi connectivity index (χ3v) is 6.49. The number of hydrogen-bond donors (Lipinski definition) is 0. The van der Waals surface area contributed by atoms with Crippen LogP contribution in [-0.4, -0.2) is 32.8 Å². The summed E-state index contributed by atoms with van der Waals surface area (Å²) in [5, 5.41) is 8.40. The summed E-state index contributed by atoms with van der Waals surface area (Å²) in [6.45, 7) is 1.49. The second kappa shape index (κ2) is 7.86. The van der Waals surface area contributed by atoms with Gasteiger partial charge in [0.2, 0.25) is 5.91 Å². The standard InChI is InChI=1S/C23H22F3N5O2/c1-13-9-14(23(24,25)26)10-19(28-13)31-20(17-7-4-8-18(17)22(31)32)21-29-27-12-30(21)15-5-3-6-16(11-15)33-2/h3,5-6,9-12,17-18,20H,4,7-8H2,1-2H3. The molecule has 1 aliphatic carbocycles. The summed E-state index contributed by atoms with van der Waals surface area (Å²) in [7, 11) is 1.56. The Morgan fingerprint density at radius 2 is 1.97 bits per heavy atom. The SMILES string of the molecule is COc1cccc(-n2cnnc2C2C3CCCC3C(=O)N2c2cc(C(F)(F)F)cc(C)n2)c1. The number of ether oxygens (including phenoxy) is 1. The van der Waals surface area contributed by atoms with Crippen LogP contribution in [0.5, 0.6) is 5.75 Å². The second-order valence-electron chi connectivity index (χ2n) is 8.47. The first-order valence-corrected chi connectivity index (χ1v) is 10.7. The molecule has 2 aliphatic rings. The van der Waals surface area contributed by atoms with Crippen molar-refractivity contribution in [1.82, 2.24) is 19.7 Å². The van der Waals surface area contributed by atoms with Gasteiger partial charge in [-0.05, 0) is 49.9 Å². The van der Waals surface area contributed by atoms with E-state index in [4.69, 9.17) is 4.74 Å². The van der Waals surface area contributed by atoms with E-state index in [-0.39, 0.29) is 29.3 Å². The summed E-state index contributed by atoms with van der Waals surface area (Å²) in [5.74, 6) is 0.550. The Hall–Kier alpha value is -3.43. The first-order valence-electron chi connectivity index (χ1n) is 10.7. The molecule has 3 unspecified atom stereocenters. The number of nitrogens with zero attached hydrogens (tertiary/aromatic N) is 5. The summed E-state index contributed by atoms with van der Waals surface area (Å²) in [4.78, 5) is 19.2. The minimum absolute atomic E-state index is 0.00748. The number of rotatable bonds is 4. The summed E-state index contributed by atoms with van der Waals surface area (Å²) in [6.07, 6.45) is -0.646. The van der Waals surface area contributed by atoms with Crippen LogP contribution in [0.2, 0.25) is 0 Å². The summed E-state index contributed by atoms with van der Waals surface area (Å²) in [5.41, 5.74) is 0.0944. The fourth-order valence-corrected chi connectivity index (χ4v) is 5.09. The Labute approximate surface area is 188 Å². The van der Waals surface area contributed by atoms with Gasteiger partial charge in [-0.2, -0.15) is 13.2 Å². The Kier molecular flexibility index (Phi) is 5.10. The molecule has 1 aromatic carbocycles. The van der Waals surface area contributed by atoms with Gasteiger partial charge < -0.3 is 4.74 Å². The summed E-state index contributed by atoms with van der Waals surface area (Å²) in [6, 6.07) is 8.66. The summed E-state index contributed by atoms with van der Waals surface area (Å²) < 4.78 is 47.6. The average molecular weight is 457 g/mol. The van der Waals surface area contributed by atoms with Crippen LogP contribution in [0.4, 0.5) is 19.0 Å². The number of benzene rings is 1. The number of carbonyl (C=O) groups excluding carboxylic acids is 1. The van der Waals surface area contributed by atoms with Crippen molar-refractivity contribution in [2.24, 2.45) is 11.8 Å². The van der Waals surface area contributed by atoms with Crippen LogP contribution in [0.1, 0.15) is 42.4 Å². The third kappa shape index (κ3) is 3.63. The summed E-state index contributed by atoms with van der Waals surface area (Å²) >= 11 is 0. The zero-order valence-corrected chi connectivity index (χ0v) is 18.1. The first kappa shape index (κ1) is 21.4. The Morgan fingerprint density at radius 1 is 1.15 bits per heavy atom. The van der Waals surface area contributed by atoms with E-state index in [2.05, 4.69) is 15.2 Å². The minimum atomic E-state index is -4.54. The smallest absolute Gasteiger partial charge is 0.416 e. The number of aryl methyl sites for hydroxylation is 1. The number of carbonyl (C=O) groups is 1. The van der Waals surface area contributed by atoms with E-state index in [9.17, 15) is 18.0 Å². The van der Waals surface area contributed by atoms with Gasteiger partial charge in [0.1, 0.15) is 23.9 Å². The largest absolute Gasteiger partial charge is 0.497 e. The molecule has 0 radical (unpaired) electrons. The van der Waals surface area contributed by atoms with Crippen molar-refractivity contribution in [3.05, 3.63) is 59.8 Å². The molecule has 10 heteroatoms. The molecule has 33 heavy (non-hydrogen) atoms. The van der Waals surface area contributed by atoms with Crippen molar-refractivity contribution in [1.29, 1.82) is 0 Å². The number of hydrogen-bond acceptors (Lipinski definition) is 5. The van der Waals surface area contributed by atoms with Crippen molar-refractivity contribution < 1.29 is 22.7 Å². The van der Waals surface area contributed by atoms with Crippen molar-refractivity contribution >= 4 is 11.7 Å². The molecule has 2 aromatic heterocycles. The van der Waals surface area contributed by atoms with Gasteiger partial charge in [0.15, 0.2) is 5.82 Å². The van der Waals surface area contributed by atoms with Crippen LogP contribution >= 0.6 is 0 Å². The molecule has 3 heterocycles. The predicted molar refractivity (Wildman–Crippen MR) is 113 cm³/mol. The number of methoxy groups -OCH3 is 1. The van der Waals surface area contributed by atoms with Crippen LogP contribution in [0.15, 0.2) is 42.7 Å². The first-order chi connectivity index (χ1) is 15.8. The monoisotopic (exact) mass is 457 g/mol. The van der Waals surface area contributed by atoms with Gasteiger partial charge >= 0.3 is 6.18 Å². The van der Waals surface area contributed by atoms with E-state index in [0.717, 1.165) is 30.7 Å². The maximum absolute atomic E-state index is 13.5. The maximum Gasteiger partial charge on any atom is 0.416 e. The van der Waals surface area contributed by atoms with Crippen LogP contribution in [0.3, 0.4) is 0 Å². The van der Waals surface area contributed by atoms with E-state index in [0.29, 0.717) is 18.0 Å². The topological polar surface area (TPSA) is 73.1 Å². The van der Waals surface area contributed by atoms with Gasteiger partial charge in [0.05, 0.1) is 18.4 Å². The van der Waals surface area contributed by atoms with Crippen LogP contribution in [0, 0.1) is 18.8 Å². The number of aromatic nitrogens is 4. The third-order valence-electron chi connectivity index (χ3n) is 6.49. The van der Waals surface area contributed by atoms with Gasteiger partial charge in [-0.15, -0.1) is 10.2 Å². The molecular weight excluding hydrogens is 435 g/mol. The van der Waals surface area contributed by atoms with Gasteiger partial charge in [-0.25, -0.2) is 4.98 Å². The van der Waals surface area contributed by atoms with Crippen LogP contribution < -0.4 is 9.64 Å². The molecule has 1 saturated carbocycles. The lowest BCUT2D eigenvalue weighted by atomic mass is 9.93. The molecule has 0 bridgehead atoms. The number of pyridine rings is 1. The molecule has 3 atom stereocenters. The van der Waals surface area contributed by atoms with E-state index < -0.39 is 17.8 Å². The molecule has 5 rings (SSSR count). The van der Waals surface area contributed by atoms with Crippen LogP contribution in [-0.2, 0) is 11.0 Å². The number of amides is 1. The number of anilines is 1. The lowest BCUT2D eigenvalue weighted by Gasteiger charge is -2.27. The molecular formula is C23H22F3N5O2.